The number of alkyl halides is 1. The van der Waals surface area contributed by atoms with E-state index in [1.165, 1.54) is 0 Å². The fourth-order valence-corrected chi connectivity index (χ4v) is 2.50. The van der Waals surface area contributed by atoms with Crippen LogP contribution in [0.2, 0.25) is 0 Å². The highest BCUT2D eigenvalue weighted by Gasteiger charge is 2.25. The molecule has 0 radical (unpaired) electrons. The monoisotopic (exact) mass is 316 g/mol. The molecule has 1 aliphatic rings. The standard InChI is InChI=1S/C13H17BrO4/c1-15-10-4-3-9(7-11(10)16-2)13(14)12-8-17-5-6-18-12/h3-4,7,12-13H,5-6,8H2,1-2H3. The normalized spacial score (nSPS) is 21.4. The molecule has 1 fully saturated rings. The Morgan fingerprint density at radius 1 is 1.22 bits per heavy atom. The Morgan fingerprint density at radius 3 is 2.61 bits per heavy atom. The summed E-state index contributed by atoms with van der Waals surface area (Å²) in [6.45, 7) is 1.91. The van der Waals surface area contributed by atoms with Crippen molar-refractivity contribution in [3.05, 3.63) is 23.8 Å². The predicted octanol–water partition coefficient (Wildman–Crippen LogP) is 2.56. The van der Waals surface area contributed by atoms with Gasteiger partial charge in [0.2, 0.25) is 0 Å². The highest BCUT2D eigenvalue weighted by atomic mass is 79.9. The zero-order valence-electron chi connectivity index (χ0n) is 10.5. The first-order valence-corrected chi connectivity index (χ1v) is 6.73. The fourth-order valence-electron chi connectivity index (χ4n) is 1.91. The first kappa shape index (κ1) is 13.6. The van der Waals surface area contributed by atoms with Crippen LogP contribution in [0.3, 0.4) is 0 Å². The summed E-state index contributed by atoms with van der Waals surface area (Å²) in [6.07, 6.45) is 0.0249. The van der Waals surface area contributed by atoms with E-state index in [-0.39, 0.29) is 10.9 Å². The van der Waals surface area contributed by atoms with Crippen molar-refractivity contribution in [3.63, 3.8) is 0 Å². The third-order valence-electron chi connectivity index (χ3n) is 2.89. The lowest BCUT2D eigenvalue weighted by atomic mass is 10.1. The summed E-state index contributed by atoms with van der Waals surface area (Å²) in [5, 5.41) is 0. The number of benzene rings is 1. The van der Waals surface area contributed by atoms with Gasteiger partial charge < -0.3 is 18.9 Å². The topological polar surface area (TPSA) is 36.9 Å². The van der Waals surface area contributed by atoms with Gasteiger partial charge in [0.05, 0.1) is 45.0 Å². The van der Waals surface area contributed by atoms with E-state index < -0.39 is 0 Å². The molecular formula is C13H17BrO4. The molecule has 2 unspecified atom stereocenters. The van der Waals surface area contributed by atoms with Gasteiger partial charge >= 0.3 is 0 Å². The van der Waals surface area contributed by atoms with Gasteiger partial charge in [0.1, 0.15) is 0 Å². The summed E-state index contributed by atoms with van der Waals surface area (Å²) < 4.78 is 21.6. The number of hydrogen-bond donors (Lipinski definition) is 0. The molecule has 1 aromatic rings. The van der Waals surface area contributed by atoms with Crippen LogP contribution >= 0.6 is 15.9 Å². The minimum Gasteiger partial charge on any atom is -0.493 e. The lowest BCUT2D eigenvalue weighted by Crippen LogP contribution is -2.31. The third-order valence-corrected chi connectivity index (χ3v) is 4.01. The lowest BCUT2D eigenvalue weighted by Gasteiger charge is -2.27. The van der Waals surface area contributed by atoms with E-state index in [0.29, 0.717) is 19.8 Å². The van der Waals surface area contributed by atoms with Crippen LogP contribution in [0.1, 0.15) is 10.4 Å². The van der Waals surface area contributed by atoms with Gasteiger partial charge in [0, 0.05) is 0 Å². The second-order valence-corrected chi connectivity index (χ2v) is 4.99. The van der Waals surface area contributed by atoms with Crippen molar-refractivity contribution in [1.29, 1.82) is 0 Å². The number of hydrogen-bond acceptors (Lipinski definition) is 4. The lowest BCUT2D eigenvalue weighted by molar-refractivity contribution is -0.0876. The zero-order valence-corrected chi connectivity index (χ0v) is 12.1. The van der Waals surface area contributed by atoms with Gasteiger partial charge in [-0.25, -0.2) is 0 Å². The average Bonchev–Trinajstić information content (AvgIpc) is 2.46. The van der Waals surface area contributed by atoms with Crippen molar-refractivity contribution in [1.82, 2.24) is 0 Å². The Morgan fingerprint density at radius 2 is 2.00 bits per heavy atom. The van der Waals surface area contributed by atoms with Crippen LogP contribution in [-0.2, 0) is 9.47 Å². The molecule has 1 aromatic carbocycles. The van der Waals surface area contributed by atoms with Crippen molar-refractivity contribution in [2.75, 3.05) is 34.0 Å². The van der Waals surface area contributed by atoms with E-state index in [4.69, 9.17) is 18.9 Å². The first-order chi connectivity index (χ1) is 8.76. The van der Waals surface area contributed by atoms with Crippen LogP contribution in [0.15, 0.2) is 18.2 Å². The van der Waals surface area contributed by atoms with Gasteiger partial charge in [-0.1, -0.05) is 22.0 Å². The molecule has 0 aromatic heterocycles. The highest BCUT2D eigenvalue weighted by molar-refractivity contribution is 9.09. The Labute approximate surface area is 115 Å². The maximum Gasteiger partial charge on any atom is 0.161 e. The van der Waals surface area contributed by atoms with Crippen LogP contribution in [0.25, 0.3) is 0 Å². The maximum absolute atomic E-state index is 5.68. The molecule has 0 N–H and O–H groups in total. The molecule has 0 saturated carbocycles. The summed E-state index contributed by atoms with van der Waals surface area (Å²) in [5.41, 5.74) is 1.09. The minimum atomic E-state index is 0.0249. The molecule has 4 nitrogen and oxygen atoms in total. The van der Waals surface area contributed by atoms with Crippen molar-refractivity contribution < 1.29 is 18.9 Å². The van der Waals surface area contributed by atoms with Crippen LogP contribution in [0.5, 0.6) is 11.5 Å². The summed E-state index contributed by atoms with van der Waals surface area (Å²) in [6, 6.07) is 5.85. The van der Waals surface area contributed by atoms with Gasteiger partial charge in [0.25, 0.3) is 0 Å². The number of methoxy groups -OCH3 is 2. The van der Waals surface area contributed by atoms with Gasteiger partial charge in [0.15, 0.2) is 11.5 Å². The molecule has 5 heteroatoms. The molecule has 0 amide bonds. The molecule has 0 bridgehead atoms. The van der Waals surface area contributed by atoms with Gasteiger partial charge in [-0.2, -0.15) is 0 Å². The average molecular weight is 317 g/mol. The Bertz CT molecular complexity index is 391. The van der Waals surface area contributed by atoms with Gasteiger partial charge in [-0.3, -0.25) is 0 Å². The van der Waals surface area contributed by atoms with Crippen LogP contribution in [-0.4, -0.2) is 40.1 Å². The molecule has 18 heavy (non-hydrogen) atoms. The van der Waals surface area contributed by atoms with E-state index in [9.17, 15) is 0 Å². The summed E-state index contributed by atoms with van der Waals surface area (Å²) >= 11 is 3.66. The number of ether oxygens (including phenoxy) is 4. The molecule has 2 rings (SSSR count). The van der Waals surface area contributed by atoms with E-state index in [1.54, 1.807) is 14.2 Å². The van der Waals surface area contributed by atoms with Crippen LogP contribution in [0, 0.1) is 0 Å². The van der Waals surface area contributed by atoms with Crippen LogP contribution in [0.4, 0.5) is 0 Å². The number of rotatable bonds is 4. The Kier molecular flexibility index (Phi) is 4.86. The van der Waals surface area contributed by atoms with Crippen molar-refractivity contribution in [2.45, 2.75) is 10.9 Å². The summed E-state index contributed by atoms with van der Waals surface area (Å²) in [7, 11) is 3.26. The molecule has 2 atom stereocenters. The fraction of sp³-hybridized carbons (Fsp3) is 0.538. The second-order valence-electron chi connectivity index (χ2n) is 4.00. The number of halogens is 1. The zero-order chi connectivity index (χ0) is 13.0. The second kappa shape index (κ2) is 6.41. The molecule has 1 aliphatic heterocycles. The third kappa shape index (κ3) is 2.96. The van der Waals surface area contributed by atoms with Crippen molar-refractivity contribution >= 4 is 15.9 Å². The predicted molar refractivity (Wildman–Crippen MR) is 71.8 cm³/mol. The first-order valence-electron chi connectivity index (χ1n) is 5.81. The van der Waals surface area contributed by atoms with E-state index in [0.717, 1.165) is 17.1 Å². The van der Waals surface area contributed by atoms with E-state index in [1.807, 2.05) is 18.2 Å². The summed E-state index contributed by atoms with van der Waals surface area (Å²) in [4.78, 5) is 0.0811. The molecule has 1 heterocycles. The maximum atomic E-state index is 5.68. The molecule has 0 spiro atoms. The molecule has 100 valence electrons. The quantitative estimate of drug-likeness (QED) is 0.800. The SMILES string of the molecule is COc1ccc(C(Br)C2COCCO2)cc1OC. The largest absolute Gasteiger partial charge is 0.493 e. The Balaban J connectivity index is 2.16. The smallest absolute Gasteiger partial charge is 0.161 e. The molecule has 0 aliphatic carbocycles. The Hall–Kier alpha value is -0.780. The minimum absolute atomic E-state index is 0.0249. The van der Waals surface area contributed by atoms with Crippen molar-refractivity contribution in [2.24, 2.45) is 0 Å². The van der Waals surface area contributed by atoms with E-state index in [2.05, 4.69) is 15.9 Å². The summed E-state index contributed by atoms with van der Waals surface area (Å²) in [5.74, 6) is 1.44. The van der Waals surface area contributed by atoms with Crippen molar-refractivity contribution in [3.8, 4) is 11.5 Å². The molecule has 1 saturated heterocycles. The van der Waals surface area contributed by atoms with Gasteiger partial charge in [-0.05, 0) is 17.7 Å². The highest BCUT2D eigenvalue weighted by Crippen LogP contribution is 2.35. The van der Waals surface area contributed by atoms with Crippen LogP contribution < -0.4 is 9.47 Å². The van der Waals surface area contributed by atoms with E-state index >= 15 is 0 Å². The van der Waals surface area contributed by atoms with Gasteiger partial charge in [-0.15, -0.1) is 0 Å². The molecular weight excluding hydrogens is 300 g/mol.